The van der Waals surface area contributed by atoms with Gasteiger partial charge in [-0.3, -0.25) is 4.99 Å². The van der Waals surface area contributed by atoms with Crippen LogP contribution in [0.5, 0.6) is 0 Å². The number of aromatic nitrogens is 2. The van der Waals surface area contributed by atoms with E-state index in [-0.39, 0.29) is 0 Å². The Labute approximate surface area is 125 Å². The second kappa shape index (κ2) is 5.52. The number of rotatable bonds is 4. The van der Waals surface area contributed by atoms with Crippen molar-refractivity contribution in [3.63, 3.8) is 0 Å². The fraction of sp³-hybridized carbons (Fsp3) is 0.222. The number of fused-ring (bicyclic) bond motifs is 1. The Morgan fingerprint density at radius 2 is 1.86 bits per heavy atom. The Morgan fingerprint density at radius 3 is 2.57 bits per heavy atom. The number of benzene rings is 2. The molecule has 0 aliphatic heterocycles. The molecule has 0 spiro atoms. The Balaban J connectivity index is 1.81. The molecule has 1 aromatic heterocycles. The summed E-state index contributed by atoms with van der Waals surface area (Å²) in [7, 11) is 2.09. The molecule has 0 amide bonds. The molecule has 0 N–H and O–H groups in total. The van der Waals surface area contributed by atoms with Crippen LogP contribution in [0.15, 0.2) is 47.5 Å². The molecule has 3 rings (SSSR count). The van der Waals surface area contributed by atoms with Gasteiger partial charge in [0, 0.05) is 13.5 Å². The minimum atomic E-state index is 0.914. The maximum atomic E-state index is 4.76. The molecule has 0 radical (unpaired) electrons. The molecule has 0 unspecified atom stereocenters. The molecule has 106 valence electrons. The van der Waals surface area contributed by atoms with Crippen LogP contribution in [0.1, 0.15) is 17.0 Å². The molecule has 0 atom stereocenters. The highest BCUT2D eigenvalue weighted by molar-refractivity contribution is 5.76. The van der Waals surface area contributed by atoms with E-state index in [9.17, 15) is 0 Å². The summed E-state index contributed by atoms with van der Waals surface area (Å²) in [5.41, 5.74) is 5.74. The van der Waals surface area contributed by atoms with Crippen molar-refractivity contribution in [3.8, 4) is 0 Å². The van der Waals surface area contributed by atoms with E-state index in [0.717, 1.165) is 29.9 Å². The van der Waals surface area contributed by atoms with Gasteiger partial charge in [-0.15, -0.1) is 0 Å². The molecule has 0 saturated heterocycles. The summed E-state index contributed by atoms with van der Waals surface area (Å²) >= 11 is 0. The zero-order valence-electron chi connectivity index (χ0n) is 12.5. The van der Waals surface area contributed by atoms with Crippen LogP contribution in [0.3, 0.4) is 0 Å². The van der Waals surface area contributed by atoms with Gasteiger partial charge in [-0.05, 0) is 55.5 Å². The van der Waals surface area contributed by atoms with Crippen molar-refractivity contribution in [2.45, 2.75) is 19.8 Å². The first-order valence-electron chi connectivity index (χ1n) is 7.15. The van der Waals surface area contributed by atoms with Crippen LogP contribution in [-0.4, -0.2) is 16.3 Å². The van der Waals surface area contributed by atoms with Crippen LogP contribution in [0.25, 0.3) is 11.0 Å². The van der Waals surface area contributed by atoms with Gasteiger partial charge in [-0.25, -0.2) is 4.98 Å². The highest BCUT2D eigenvalue weighted by atomic mass is 15.1. The number of aryl methyl sites for hydroxylation is 4. The number of imidazole rings is 1. The highest BCUT2D eigenvalue weighted by Crippen LogP contribution is 2.18. The van der Waals surface area contributed by atoms with Crippen LogP contribution in [0.4, 0.5) is 5.69 Å². The first-order valence-corrected chi connectivity index (χ1v) is 7.15. The molecule has 3 nitrogen and oxygen atoms in total. The lowest BCUT2D eigenvalue weighted by atomic mass is 10.1. The second-order valence-corrected chi connectivity index (χ2v) is 5.40. The first kappa shape index (κ1) is 13.6. The number of aliphatic imine (C=N–C) groups is 1. The van der Waals surface area contributed by atoms with Gasteiger partial charge in [0.05, 0.1) is 16.7 Å². The molecule has 0 aliphatic carbocycles. The van der Waals surface area contributed by atoms with E-state index < -0.39 is 0 Å². The zero-order chi connectivity index (χ0) is 14.8. The average molecular weight is 277 g/mol. The molecule has 0 bridgehead atoms. The third-order valence-corrected chi connectivity index (χ3v) is 3.89. The lowest BCUT2D eigenvalue weighted by Crippen LogP contribution is -2.00. The smallest absolute Gasteiger partial charge is 0.109 e. The fourth-order valence-corrected chi connectivity index (χ4v) is 2.61. The maximum absolute atomic E-state index is 4.76. The van der Waals surface area contributed by atoms with E-state index in [1.165, 1.54) is 16.6 Å². The van der Waals surface area contributed by atoms with E-state index in [2.05, 4.69) is 60.6 Å². The van der Waals surface area contributed by atoms with Gasteiger partial charge in [-0.2, -0.15) is 0 Å². The summed E-state index contributed by atoms with van der Waals surface area (Å²) in [5.74, 6) is 1.13. The van der Waals surface area contributed by atoms with E-state index >= 15 is 0 Å². The first-order chi connectivity index (χ1) is 10.2. The zero-order valence-corrected chi connectivity index (χ0v) is 12.5. The number of nitrogens with zero attached hydrogens (tertiary/aromatic N) is 3. The van der Waals surface area contributed by atoms with Gasteiger partial charge in [0.15, 0.2) is 0 Å². The van der Waals surface area contributed by atoms with Crippen LogP contribution < -0.4 is 0 Å². The normalized spacial score (nSPS) is 11.0. The molecule has 3 heteroatoms. The standard InChI is InChI=1S/C18H19N3/c1-13-4-10-17-16(12-13)20-18(21(17)3)11-7-14-5-8-15(19-2)9-6-14/h4-6,8-10,12H,2,7,11H2,1,3H3. The minimum Gasteiger partial charge on any atom is -0.331 e. The topological polar surface area (TPSA) is 30.2 Å². The summed E-state index contributed by atoms with van der Waals surface area (Å²) in [6, 6.07) is 14.6. The molecule has 0 aliphatic rings. The summed E-state index contributed by atoms with van der Waals surface area (Å²) in [5, 5.41) is 0. The SMILES string of the molecule is C=Nc1ccc(CCc2nc3cc(C)ccc3n2C)cc1. The highest BCUT2D eigenvalue weighted by Gasteiger charge is 2.07. The predicted octanol–water partition coefficient (Wildman–Crippen LogP) is 4.00. The molecular formula is C18H19N3. The Morgan fingerprint density at radius 1 is 1.10 bits per heavy atom. The van der Waals surface area contributed by atoms with Gasteiger partial charge in [0.1, 0.15) is 5.82 Å². The Bertz CT molecular complexity index is 782. The number of hydrogen-bond donors (Lipinski definition) is 0. The molecular weight excluding hydrogens is 258 g/mol. The molecule has 1 heterocycles. The lowest BCUT2D eigenvalue weighted by molar-refractivity contribution is 0.787. The van der Waals surface area contributed by atoms with Crippen LogP contribution >= 0.6 is 0 Å². The van der Waals surface area contributed by atoms with Gasteiger partial charge in [0.2, 0.25) is 0 Å². The molecule has 0 saturated carbocycles. The number of hydrogen-bond acceptors (Lipinski definition) is 2. The van der Waals surface area contributed by atoms with Gasteiger partial charge in [0.25, 0.3) is 0 Å². The third kappa shape index (κ3) is 2.72. The minimum absolute atomic E-state index is 0.914. The average Bonchev–Trinajstić information content (AvgIpc) is 2.81. The molecule has 0 fully saturated rings. The van der Waals surface area contributed by atoms with Gasteiger partial charge < -0.3 is 4.57 Å². The Hall–Kier alpha value is -2.42. The maximum Gasteiger partial charge on any atom is 0.109 e. The van der Waals surface area contributed by atoms with Crippen molar-refractivity contribution in [3.05, 3.63) is 59.4 Å². The third-order valence-electron chi connectivity index (χ3n) is 3.89. The van der Waals surface area contributed by atoms with E-state index in [1.807, 2.05) is 12.1 Å². The summed E-state index contributed by atoms with van der Waals surface area (Å²) in [6.45, 7) is 5.63. The molecule has 21 heavy (non-hydrogen) atoms. The Kier molecular flexibility index (Phi) is 3.57. The van der Waals surface area contributed by atoms with Crippen LogP contribution in [0.2, 0.25) is 0 Å². The van der Waals surface area contributed by atoms with Crippen LogP contribution in [-0.2, 0) is 19.9 Å². The van der Waals surface area contributed by atoms with Crippen molar-refractivity contribution < 1.29 is 0 Å². The molecule has 3 aromatic rings. The van der Waals surface area contributed by atoms with Crippen LogP contribution in [0, 0.1) is 6.92 Å². The largest absolute Gasteiger partial charge is 0.331 e. The quantitative estimate of drug-likeness (QED) is 0.663. The fourth-order valence-electron chi connectivity index (χ4n) is 2.61. The van der Waals surface area contributed by atoms with Gasteiger partial charge >= 0.3 is 0 Å². The lowest BCUT2D eigenvalue weighted by Gasteiger charge is -2.03. The molecule has 2 aromatic carbocycles. The summed E-state index contributed by atoms with van der Waals surface area (Å²) < 4.78 is 2.19. The van der Waals surface area contributed by atoms with Gasteiger partial charge in [-0.1, -0.05) is 18.2 Å². The predicted molar refractivity (Wildman–Crippen MR) is 88.5 cm³/mol. The van der Waals surface area contributed by atoms with E-state index in [4.69, 9.17) is 4.98 Å². The van der Waals surface area contributed by atoms with Crippen molar-refractivity contribution in [1.82, 2.24) is 9.55 Å². The second-order valence-electron chi connectivity index (χ2n) is 5.40. The van der Waals surface area contributed by atoms with Crippen molar-refractivity contribution in [1.29, 1.82) is 0 Å². The van der Waals surface area contributed by atoms with Crippen molar-refractivity contribution in [2.75, 3.05) is 0 Å². The summed E-state index contributed by atoms with van der Waals surface area (Å²) in [4.78, 5) is 8.67. The van der Waals surface area contributed by atoms with Crippen molar-refractivity contribution >= 4 is 23.4 Å². The van der Waals surface area contributed by atoms with E-state index in [1.54, 1.807) is 0 Å². The monoisotopic (exact) mass is 277 g/mol. The van der Waals surface area contributed by atoms with Crippen molar-refractivity contribution in [2.24, 2.45) is 12.0 Å². The van der Waals surface area contributed by atoms with E-state index in [0.29, 0.717) is 0 Å². The summed E-state index contributed by atoms with van der Waals surface area (Å²) in [6.07, 6.45) is 1.92.